The minimum atomic E-state index is -0.219. The highest BCUT2D eigenvalue weighted by atomic mass is 19.1. The fourth-order valence-corrected chi connectivity index (χ4v) is 4.20. The van der Waals surface area contributed by atoms with Gasteiger partial charge in [0.05, 0.1) is 14.5 Å². The van der Waals surface area contributed by atoms with Gasteiger partial charge in [-0.15, -0.1) is 0 Å². The minimum absolute atomic E-state index is 0.219. The molecule has 26 heavy (non-hydrogen) atoms. The third kappa shape index (κ3) is 3.09. The summed E-state index contributed by atoms with van der Waals surface area (Å²) >= 11 is 0. The van der Waals surface area contributed by atoms with Crippen molar-refractivity contribution in [3.63, 3.8) is 0 Å². The van der Waals surface area contributed by atoms with E-state index < -0.39 is 0 Å². The Labute approximate surface area is 156 Å². The number of rotatable bonds is 6. The Morgan fingerprint density at radius 1 is 1.00 bits per heavy atom. The van der Waals surface area contributed by atoms with E-state index in [4.69, 9.17) is 17.6 Å². The van der Waals surface area contributed by atoms with Gasteiger partial charge in [-0.05, 0) is 54.5 Å². The lowest BCUT2D eigenvalue weighted by atomic mass is 9.73. The quantitative estimate of drug-likeness (QED) is 0.666. The number of methoxy groups -OCH3 is 1. The van der Waals surface area contributed by atoms with Crippen LogP contribution in [0.1, 0.15) is 72.9 Å². The molecule has 1 aromatic heterocycles. The molecule has 1 aromatic carbocycles. The molecule has 0 saturated heterocycles. The molecule has 2 aliphatic carbocycles. The molecule has 0 atom stereocenters. The molecule has 0 unspecified atom stereocenters. The highest BCUT2D eigenvalue weighted by molar-refractivity contribution is 6.09. The number of nitrogens with zero attached hydrogens (tertiary/aromatic N) is 1. The van der Waals surface area contributed by atoms with E-state index in [1.165, 1.54) is 62.0 Å². The van der Waals surface area contributed by atoms with Crippen molar-refractivity contribution >= 4 is 7.85 Å². The zero-order valence-corrected chi connectivity index (χ0v) is 15.4. The van der Waals surface area contributed by atoms with Crippen LogP contribution in [0.3, 0.4) is 0 Å². The third-order valence-electron chi connectivity index (χ3n) is 6.07. The van der Waals surface area contributed by atoms with Gasteiger partial charge in [-0.2, -0.15) is 0 Å². The molecule has 2 nitrogen and oxygen atoms in total. The highest BCUT2D eigenvalue weighted by Crippen LogP contribution is 2.45. The average Bonchev–Trinajstić information content (AvgIpc) is 2.54. The third-order valence-corrected chi connectivity index (χ3v) is 6.07. The van der Waals surface area contributed by atoms with Gasteiger partial charge in [0.25, 0.3) is 0 Å². The van der Waals surface area contributed by atoms with Crippen molar-refractivity contribution in [2.24, 2.45) is 0 Å². The number of ether oxygens (including phenoxy) is 1. The topological polar surface area (TPSA) is 22.1 Å². The fourth-order valence-electron chi connectivity index (χ4n) is 4.20. The van der Waals surface area contributed by atoms with Crippen molar-refractivity contribution in [2.45, 2.75) is 63.3 Å². The van der Waals surface area contributed by atoms with Gasteiger partial charge < -0.3 is 4.74 Å². The van der Waals surface area contributed by atoms with Crippen LogP contribution in [-0.2, 0) is 17.7 Å². The van der Waals surface area contributed by atoms with Gasteiger partial charge in [0.1, 0.15) is 5.82 Å². The van der Waals surface area contributed by atoms with Crippen LogP contribution < -0.4 is 0 Å². The molecule has 2 radical (unpaired) electrons. The van der Waals surface area contributed by atoms with E-state index in [0.29, 0.717) is 24.8 Å². The van der Waals surface area contributed by atoms with E-state index in [2.05, 4.69) is 0 Å². The smallest absolute Gasteiger partial charge is 0.123 e. The number of hydrogen-bond acceptors (Lipinski definition) is 2. The molecule has 0 aliphatic heterocycles. The first-order valence-corrected chi connectivity index (χ1v) is 9.73. The van der Waals surface area contributed by atoms with Crippen LogP contribution in [0.15, 0.2) is 24.3 Å². The second-order valence-electron chi connectivity index (χ2n) is 7.61. The first kappa shape index (κ1) is 17.7. The molecule has 2 saturated carbocycles. The van der Waals surface area contributed by atoms with Crippen molar-refractivity contribution in [1.29, 1.82) is 0 Å². The Balaban J connectivity index is 1.95. The number of aromatic nitrogens is 1. The van der Waals surface area contributed by atoms with Gasteiger partial charge in [-0.25, -0.2) is 4.39 Å². The highest BCUT2D eigenvalue weighted by Gasteiger charge is 2.31. The molecule has 4 rings (SSSR count). The lowest BCUT2D eigenvalue weighted by molar-refractivity contribution is 0.182. The molecule has 0 bridgehead atoms. The van der Waals surface area contributed by atoms with Crippen molar-refractivity contribution in [1.82, 2.24) is 4.98 Å². The van der Waals surface area contributed by atoms with Crippen molar-refractivity contribution in [3.8, 4) is 11.1 Å². The van der Waals surface area contributed by atoms with Crippen LogP contribution in [0.5, 0.6) is 0 Å². The maximum atomic E-state index is 13.5. The number of hydrogen-bond donors (Lipinski definition) is 0. The van der Waals surface area contributed by atoms with Crippen LogP contribution in [0.25, 0.3) is 11.1 Å². The van der Waals surface area contributed by atoms with Crippen LogP contribution in [0, 0.1) is 5.82 Å². The summed E-state index contributed by atoms with van der Waals surface area (Å²) in [6.45, 7) is 0.517. The number of benzene rings is 1. The van der Waals surface area contributed by atoms with E-state index >= 15 is 0 Å². The molecule has 1 heterocycles. The molecule has 0 amide bonds. The second-order valence-corrected chi connectivity index (χ2v) is 7.61. The summed E-state index contributed by atoms with van der Waals surface area (Å²) in [6, 6.07) is 6.77. The normalized spacial score (nSPS) is 17.8. The Hall–Kier alpha value is -1.68. The minimum Gasteiger partial charge on any atom is -0.380 e. The fraction of sp³-hybridized carbons (Fsp3) is 0.500. The standard InChI is InChI=1S/C22H25BFNO/c1-26-13-19-20(14-8-10-17(24)11-9-14)18(12-23)21(15-4-2-5-15)25-22(19)16-6-3-7-16/h8-11,15-16H,2-7,12-13H2,1H3. The van der Waals surface area contributed by atoms with Gasteiger partial charge >= 0.3 is 0 Å². The lowest BCUT2D eigenvalue weighted by Crippen LogP contribution is -2.21. The van der Waals surface area contributed by atoms with Crippen LogP contribution in [0.4, 0.5) is 4.39 Å². The summed E-state index contributed by atoms with van der Waals surface area (Å²) in [5.74, 6) is 0.817. The lowest BCUT2D eigenvalue weighted by Gasteiger charge is -2.34. The zero-order chi connectivity index (χ0) is 18.1. The maximum absolute atomic E-state index is 13.5. The zero-order valence-electron chi connectivity index (χ0n) is 15.4. The summed E-state index contributed by atoms with van der Waals surface area (Å²) in [6.07, 6.45) is 7.75. The molecule has 2 aromatic rings. The predicted molar refractivity (Wildman–Crippen MR) is 103 cm³/mol. The number of pyridine rings is 1. The summed E-state index contributed by atoms with van der Waals surface area (Å²) in [5, 5.41) is 0. The van der Waals surface area contributed by atoms with Crippen LogP contribution in [-0.4, -0.2) is 19.9 Å². The summed E-state index contributed by atoms with van der Waals surface area (Å²) in [7, 11) is 7.94. The van der Waals surface area contributed by atoms with E-state index in [9.17, 15) is 4.39 Å². The predicted octanol–water partition coefficient (Wildman–Crippen LogP) is 5.24. The second kappa shape index (κ2) is 7.52. The molecule has 2 fully saturated rings. The van der Waals surface area contributed by atoms with E-state index in [-0.39, 0.29) is 5.82 Å². The van der Waals surface area contributed by atoms with Gasteiger partial charge in [-0.3, -0.25) is 4.98 Å². The largest absolute Gasteiger partial charge is 0.380 e. The summed E-state index contributed by atoms with van der Waals surface area (Å²) in [4.78, 5) is 5.18. The van der Waals surface area contributed by atoms with Gasteiger partial charge in [0.2, 0.25) is 0 Å². The molecule has 4 heteroatoms. The molecule has 134 valence electrons. The first-order chi connectivity index (χ1) is 12.7. The Kier molecular flexibility index (Phi) is 5.12. The molecular weight excluding hydrogens is 324 g/mol. The van der Waals surface area contributed by atoms with Crippen molar-refractivity contribution < 1.29 is 9.13 Å². The molecule has 2 aliphatic rings. The van der Waals surface area contributed by atoms with Crippen molar-refractivity contribution in [3.05, 3.63) is 52.6 Å². The Morgan fingerprint density at radius 3 is 2.04 bits per heavy atom. The van der Waals surface area contributed by atoms with E-state index in [0.717, 1.165) is 22.3 Å². The number of halogens is 1. The van der Waals surface area contributed by atoms with Gasteiger partial charge in [0.15, 0.2) is 0 Å². The average molecular weight is 349 g/mol. The Morgan fingerprint density at radius 2 is 1.58 bits per heavy atom. The maximum Gasteiger partial charge on any atom is 0.123 e. The summed E-state index contributed by atoms with van der Waals surface area (Å²) < 4.78 is 19.1. The van der Waals surface area contributed by atoms with E-state index in [1.807, 2.05) is 12.1 Å². The SMILES string of the molecule is [B]Cc1c(C2CCC2)nc(C2CCC2)c(COC)c1-c1ccc(F)cc1. The first-order valence-electron chi connectivity index (χ1n) is 9.73. The van der Waals surface area contributed by atoms with Gasteiger partial charge in [0, 0.05) is 35.9 Å². The molecular formula is C22H25BFNO. The Bertz CT molecular complexity index is 782. The summed E-state index contributed by atoms with van der Waals surface area (Å²) in [5.41, 5.74) is 6.79. The molecule has 0 N–H and O–H groups in total. The van der Waals surface area contributed by atoms with Crippen LogP contribution in [0.2, 0.25) is 0 Å². The monoisotopic (exact) mass is 349 g/mol. The molecule has 0 spiro atoms. The van der Waals surface area contributed by atoms with Gasteiger partial charge in [-0.1, -0.05) is 31.3 Å². The van der Waals surface area contributed by atoms with Crippen molar-refractivity contribution in [2.75, 3.05) is 7.11 Å². The van der Waals surface area contributed by atoms with E-state index in [1.54, 1.807) is 7.11 Å². The van der Waals surface area contributed by atoms with Crippen LogP contribution >= 0.6 is 0 Å².